The molecule has 0 fully saturated rings. The summed E-state index contributed by atoms with van der Waals surface area (Å²) in [6.45, 7) is 0. The Morgan fingerprint density at radius 3 is 2.82 bits per heavy atom. The van der Waals surface area contributed by atoms with Crippen LogP contribution in [0.15, 0.2) is 34.9 Å². The van der Waals surface area contributed by atoms with Crippen molar-refractivity contribution >= 4 is 33.4 Å². The van der Waals surface area contributed by atoms with E-state index in [9.17, 15) is 0 Å². The third kappa shape index (κ3) is 2.92. The molecule has 1 heterocycles. The van der Waals surface area contributed by atoms with Crippen LogP contribution in [0.3, 0.4) is 0 Å². The zero-order valence-electron chi connectivity index (χ0n) is 8.68. The highest BCUT2D eigenvalue weighted by molar-refractivity contribution is 9.10. The average molecular weight is 290 g/mol. The van der Waals surface area contributed by atoms with Gasteiger partial charge in [0.25, 0.3) is 0 Å². The average Bonchev–Trinajstić information content (AvgIpc) is 2.28. The first-order valence-corrected chi connectivity index (χ1v) is 5.54. The van der Waals surface area contributed by atoms with Gasteiger partial charge < -0.3 is 11.1 Å². The van der Waals surface area contributed by atoms with Gasteiger partial charge in [-0.3, -0.25) is 0 Å². The number of anilines is 3. The van der Waals surface area contributed by atoms with Crippen LogP contribution in [0.4, 0.5) is 17.5 Å². The van der Waals surface area contributed by atoms with E-state index in [0.29, 0.717) is 21.9 Å². The molecule has 0 bridgehead atoms. The van der Waals surface area contributed by atoms with Crippen molar-refractivity contribution in [3.05, 3.63) is 40.5 Å². The SMILES string of the molecule is N#Cc1cccc(Nc2nc(N)cc(Br)n2)c1. The van der Waals surface area contributed by atoms with Gasteiger partial charge in [0.15, 0.2) is 0 Å². The molecule has 3 N–H and O–H groups in total. The van der Waals surface area contributed by atoms with Crippen LogP contribution >= 0.6 is 15.9 Å². The molecule has 0 saturated heterocycles. The van der Waals surface area contributed by atoms with Crippen molar-refractivity contribution in [2.24, 2.45) is 0 Å². The summed E-state index contributed by atoms with van der Waals surface area (Å²) in [6.07, 6.45) is 0. The number of halogens is 1. The van der Waals surface area contributed by atoms with Gasteiger partial charge in [-0.1, -0.05) is 6.07 Å². The molecule has 2 rings (SSSR count). The van der Waals surface area contributed by atoms with Crippen molar-refractivity contribution in [3.8, 4) is 6.07 Å². The maximum atomic E-state index is 8.78. The second-order valence-corrected chi connectivity index (χ2v) is 4.07. The van der Waals surface area contributed by atoms with E-state index >= 15 is 0 Å². The zero-order chi connectivity index (χ0) is 12.3. The zero-order valence-corrected chi connectivity index (χ0v) is 10.3. The van der Waals surface area contributed by atoms with Crippen LogP contribution in [0.5, 0.6) is 0 Å². The summed E-state index contributed by atoms with van der Waals surface area (Å²) in [5, 5.41) is 11.8. The number of nitrogens with one attached hydrogen (secondary N) is 1. The Kier molecular flexibility index (Phi) is 3.21. The summed E-state index contributed by atoms with van der Waals surface area (Å²) in [5.41, 5.74) is 6.90. The fourth-order valence-corrected chi connectivity index (χ4v) is 1.69. The summed E-state index contributed by atoms with van der Waals surface area (Å²) in [6, 6.07) is 10.7. The second kappa shape index (κ2) is 4.80. The van der Waals surface area contributed by atoms with E-state index in [-0.39, 0.29) is 0 Å². The van der Waals surface area contributed by atoms with Crippen LogP contribution < -0.4 is 11.1 Å². The van der Waals surface area contributed by atoms with Gasteiger partial charge in [0.2, 0.25) is 5.95 Å². The number of hydrogen-bond donors (Lipinski definition) is 2. The highest BCUT2D eigenvalue weighted by Gasteiger charge is 2.01. The summed E-state index contributed by atoms with van der Waals surface area (Å²) >= 11 is 3.23. The number of nitrogens with two attached hydrogens (primary N) is 1. The molecule has 1 aromatic carbocycles. The minimum atomic E-state index is 0.366. The maximum absolute atomic E-state index is 8.78. The molecule has 0 radical (unpaired) electrons. The van der Waals surface area contributed by atoms with Crippen molar-refractivity contribution in [1.29, 1.82) is 5.26 Å². The molecule has 1 aromatic heterocycles. The van der Waals surface area contributed by atoms with Gasteiger partial charge in [-0.25, -0.2) is 4.98 Å². The van der Waals surface area contributed by atoms with Crippen LogP contribution in [0.1, 0.15) is 5.56 Å². The van der Waals surface area contributed by atoms with Gasteiger partial charge >= 0.3 is 0 Å². The van der Waals surface area contributed by atoms with Gasteiger partial charge in [0, 0.05) is 11.8 Å². The molecule has 0 spiro atoms. The van der Waals surface area contributed by atoms with Gasteiger partial charge in [0.1, 0.15) is 10.4 Å². The highest BCUT2D eigenvalue weighted by Crippen LogP contribution is 2.17. The van der Waals surface area contributed by atoms with Crippen molar-refractivity contribution in [1.82, 2.24) is 9.97 Å². The third-order valence-electron chi connectivity index (χ3n) is 1.96. The Morgan fingerprint density at radius 2 is 2.12 bits per heavy atom. The van der Waals surface area contributed by atoms with E-state index in [4.69, 9.17) is 11.0 Å². The summed E-state index contributed by atoms with van der Waals surface area (Å²) in [7, 11) is 0. The third-order valence-corrected chi connectivity index (χ3v) is 2.37. The first-order valence-electron chi connectivity index (χ1n) is 4.74. The molecule has 0 saturated carbocycles. The maximum Gasteiger partial charge on any atom is 0.230 e. The number of nitrogens with zero attached hydrogens (tertiary/aromatic N) is 3. The van der Waals surface area contributed by atoms with E-state index in [1.54, 1.807) is 24.3 Å². The first-order chi connectivity index (χ1) is 8.17. The Hall–Kier alpha value is -2.13. The van der Waals surface area contributed by atoms with E-state index in [1.165, 1.54) is 0 Å². The Balaban J connectivity index is 2.28. The summed E-state index contributed by atoms with van der Waals surface area (Å²) < 4.78 is 0.601. The van der Waals surface area contributed by atoms with Gasteiger partial charge in [0.05, 0.1) is 11.6 Å². The number of aromatic nitrogens is 2. The molecule has 2 aromatic rings. The molecule has 84 valence electrons. The molecule has 17 heavy (non-hydrogen) atoms. The quantitative estimate of drug-likeness (QED) is 0.829. The van der Waals surface area contributed by atoms with E-state index in [2.05, 4.69) is 37.3 Å². The molecule has 0 amide bonds. The van der Waals surface area contributed by atoms with E-state index in [0.717, 1.165) is 5.69 Å². The normalized spacial score (nSPS) is 9.65. The van der Waals surface area contributed by atoms with Crippen molar-refractivity contribution < 1.29 is 0 Å². The molecule has 5 nitrogen and oxygen atoms in total. The van der Waals surface area contributed by atoms with Gasteiger partial charge in [-0.2, -0.15) is 10.2 Å². The highest BCUT2D eigenvalue weighted by atomic mass is 79.9. The van der Waals surface area contributed by atoms with Crippen LogP contribution in [0, 0.1) is 11.3 Å². The Morgan fingerprint density at radius 1 is 1.29 bits per heavy atom. The first kappa shape index (κ1) is 11.4. The van der Waals surface area contributed by atoms with E-state index in [1.807, 2.05) is 6.07 Å². The van der Waals surface area contributed by atoms with Gasteiger partial charge in [-0.05, 0) is 34.1 Å². The number of rotatable bonds is 2. The molecule has 0 aliphatic heterocycles. The number of benzene rings is 1. The van der Waals surface area contributed by atoms with Crippen LogP contribution in [-0.2, 0) is 0 Å². The smallest absolute Gasteiger partial charge is 0.230 e. The topological polar surface area (TPSA) is 87.6 Å². The van der Waals surface area contributed by atoms with Crippen molar-refractivity contribution in [2.75, 3.05) is 11.1 Å². The molecule has 6 heteroatoms. The fourth-order valence-electron chi connectivity index (χ4n) is 1.29. The molecule has 0 unspecified atom stereocenters. The van der Waals surface area contributed by atoms with Crippen LogP contribution in [0.25, 0.3) is 0 Å². The monoisotopic (exact) mass is 289 g/mol. The minimum absolute atomic E-state index is 0.366. The van der Waals surface area contributed by atoms with E-state index < -0.39 is 0 Å². The molecular weight excluding hydrogens is 282 g/mol. The lowest BCUT2D eigenvalue weighted by Gasteiger charge is -2.05. The molecule has 0 aliphatic carbocycles. The predicted molar refractivity (Wildman–Crippen MR) is 68.6 cm³/mol. The predicted octanol–water partition coefficient (Wildman–Crippen LogP) is 2.44. The lowest BCUT2D eigenvalue weighted by molar-refractivity contribution is 1.15. The van der Waals surface area contributed by atoms with Gasteiger partial charge in [-0.15, -0.1) is 0 Å². The number of nitriles is 1. The molecule has 0 atom stereocenters. The largest absolute Gasteiger partial charge is 0.383 e. The summed E-state index contributed by atoms with van der Waals surface area (Å²) in [4.78, 5) is 8.14. The molecule has 0 aliphatic rings. The lowest BCUT2D eigenvalue weighted by atomic mass is 10.2. The fraction of sp³-hybridized carbons (Fsp3) is 0. The number of nitrogen functional groups attached to an aromatic ring is 1. The number of hydrogen-bond acceptors (Lipinski definition) is 5. The lowest BCUT2D eigenvalue weighted by Crippen LogP contribution is -2.00. The van der Waals surface area contributed by atoms with Crippen LogP contribution in [-0.4, -0.2) is 9.97 Å². The van der Waals surface area contributed by atoms with Crippen molar-refractivity contribution in [3.63, 3.8) is 0 Å². The molecular formula is C11H8BrN5. The second-order valence-electron chi connectivity index (χ2n) is 3.26. The van der Waals surface area contributed by atoms with Crippen molar-refractivity contribution in [2.45, 2.75) is 0 Å². The minimum Gasteiger partial charge on any atom is -0.383 e. The Labute approximate surface area is 106 Å². The standard InChI is InChI=1S/C11H8BrN5/c12-9-5-10(14)17-11(16-9)15-8-3-1-2-7(4-8)6-13/h1-5H,(H3,14,15,16,17). The summed E-state index contributed by atoms with van der Waals surface area (Å²) in [5.74, 6) is 0.748. The Bertz CT molecular complexity index is 570. The van der Waals surface area contributed by atoms with Crippen LogP contribution in [0.2, 0.25) is 0 Å².